The number of aliphatic hydroxyl groups is 1. The Balaban J connectivity index is 3.58. The molecule has 0 fully saturated rings. The Kier molecular flexibility index (Phi) is 48.7. The van der Waals surface area contributed by atoms with Gasteiger partial charge in [-0.25, -0.2) is 0 Å². The van der Waals surface area contributed by atoms with Gasteiger partial charge in [0.2, 0.25) is 0 Å². The first-order valence-corrected chi connectivity index (χ1v) is 26.9. The smallest absolute Gasteiger partial charge is 0.0697 e. The van der Waals surface area contributed by atoms with E-state index in [-0.39, 0.29) is 6.61 Å². The van der Waals surface area contributed by atoms with Crippen molar-refractivity contribution >= 4 is 0 Å². The summed E-state index contributed by atoms with van der Waals surface area (Å²) in [6, 6.07) is 0. The number of aliphatic hydroxyl groups excluding tert-OH is 1. The van der Waals surface area contributed by atoms with Gasteiger partial charge in [0, 0.05) is 54.0 Å². The van der Waals surface area contributed by atoms with Crippen molar-refractivity contribution in [2.45, 2.75) is 178 Å². The Morgan fingerprint density at radius 3 is 0.609 bits per heavy atom. The van der Waals surface area contributed by atoms with Crippen LogP contribution in [0.1, 0.15) is 178 Å². The normalized spacial score (nSPS) is 15.8. The molecule has 0 aromatic rings. The zero-order valence-corrected chi connectivity index (χ0v) is 43.9. The molecule has 0 bridgehead atoms. The minimum Gasteiger partial charge on any atom is -0.394 e. The van der Waals surface area contributed by atoms with Gasteiger partial charge in [0.05, 0.1) is 119 Å². The van der Waals surface area contributed by atoms with E-state index in [1.165, 1.54) is 116 Å². The van der Waals surface area contributed by atoms with Gasteiger partial charge in [-0.15, -0.1) is 0 Å². The number of ether oxygens (including phenoxy) is 9. The van der Waals surface area contributed by atoms with Crippen molar-refractivity contribution in [2.75, 3.05) is 126 Å². The number of unbranched alkanes of at least 4 members (excludes halogenated alkanes) is 17. The minimum absolute atomic E-state index is 0.0561. The maximum atomic E-state index is 8.80. The molecule has 0 spiro atoms. The SMILES string of the molecule is CCCCCCCCCCCCCCCCCCCCOCC(C)COCC(C)COCC(C)COCC(C)COCC(C)COCC(C)COCC(C)COCC(C)COCCO. The third-order valence-corrected chi connectivity index (χ3v) is 11.3. The topological polar surface area (TPSA) is 103 Å². The third kappa shape index (κ3) is 48.1. The molecule has 0 aliphatic heterocycles. The first-order valence-electron chi connectivity index (χ1n) is 26.9. The van der Waals surface area contributed by atoms with E-state index < -0.39 is 0 Å². The predicted molar refractivity (Wildman–Crippen MR) is 267 cm³/mol. The highest BCUT2D eigenvalue weighted by molar-refractivity contribution is 4.59. The van der Waals surface area contributed by atoms with E-state index in [2.05, 4.69) is 62.3 Å². The van der Waals surface area contributed by atoms with E-state index in [1.807, 2.05) is 0 Å². The summed E-state index contributed by atoms with van der Waals surface area (Å²) in [5.41, 5.74) is 0. The third-order valence-electron chi connectivity index (χ3n) is 11.3. The van der Waals surface area contributed by atoms with E-state index in [0.717, 1.165) is 19.8 Å². The first kappa shape index (κ1) is 63.6. The fourth-order valence-electron chi connectivity index (χ4n) is 7.42. The summed E-state index contributed by atoms with van der Waals surface area (Å²) in [6.45, 7) is 31.9. The molecule has 386 valence electrons. The van der Waals surface area contributed by atoms with Crippen LogP contribution in [0.15, 0.2) is 0 Å². The molecule has 1 N–H and O–H groups in total. The molecule has 0 heterocycles. The summed E-state index contributed by atoms with van der Waals surface area (Å²) >= 11 is 0. The van der Waals surface area contributed by atoms with E-state index in [4.69, 9.17) is 47.7 Å². The van der Waals surface area contributed by atoms with Crippen LogP contribution in [0.3, 0.4) is 0 Å². The molecule has 10 heteroatoms. The molecule has 0 aliphatic rings. The van der Waals surface area contributed by atoms with Crippen molar-refractivity contribution in [1.82, 2.24) is 0 Å². The number of rotatable bonds is 53. The van der Waals surface area contributed by atoms with Crippen molar-refractivity contribution in [2.24, 2.45) is 47.3 Å². The lowest BCUT2D eigenvalue weighted by molar-refractivity contribution is -0.0170. The number of hydrogen-bond donors (Lipinski definition) is 1. The molecular formula is C54H110O10. The first-order chi connectivity index (χ1) is 31.1. The van der Waals surface area contributed by atoms with E-state index in [9.17, 15) is 0 Å². The molecule has 0 saturated heterocycles. The molecule has 0 radical (unpaired) electrons. The Bertz CT molecular complexity index is 898. The molecule has 8 unspecified atom stereocenters. The second kappa shape index (κ2) is 49.0. The Morgan fingerprint density at radius 2 is 0.406 bits per heavy atom. The molecule has 0 saturated carbocycles. The molecule has 10 nitrogen and oxygen atoms in total. The lowest BCUT2D eigenvalue weighted by Crippen LogP contribution is -2.22. The van der Waals surface area contributed by atoms with Gasteiger partial charge < -0.3 is 47.7 Å². The van der Waals surface area contributed by atoms with Gasteiger partial charge in [0.1, 0.15) is 0 Å². The zero-order valence-electron chi connectivity index (χ0n) is 43.9. The molecule has 8 atom stereocenters. The summed E-state index contributed by atoms with van der Waals surface area (Å²) in [5, 5.41) is 8.80. The molecule has 0 amide bonds. The fraction of sp³-hybridized carbons (Fsp3) is 1.00. The maximum Gasteiger partial charge on any atom is 0.0697 e. The minimum atomic E-state index is 0.0561. The predicted octanol–water partition coefficient (Wildman–Crippen LogP) is 12.3. The second-order valence-corrected chi connectivity index (χ2v) is 20.5. The van der Waals surface area contributed by atoms with Crippen molar-refractivity contribution in [3.63, 3.8) is 0 Å². The molecule has 0 aliphatic carbocycles. The van der Waals surface area contributed by atoms with Gasteiger partial charge in [-0.2, -0.15) is 0 Å². The van der Waals surface area contributed by atoms with Gasteiger partial charge >= 0.3 is 0 Å². The van der Waals surface area contributed by atoms with Crippen LogP contribution >= 0.6 is 0 Å². The molecule has 64 heavy (non-hydrogen) atoms. The van der Waals surface area contributed by atoms with Gasteiger partial charge in [0.15, 0.2) is 0 Å². The van der Waals surface area contributed by atoms with Gasteiger partial charge in [-0.3, -0.25) is 0 Å². The maximum absolute atomic E-state index is 8.80. The highest BCUT2D eigenvalue weighted by Crippen LogP contribution is 2.15. The summed E-state index contributed by atoms with van der Waals surface area (Å²) < 4.78 is 53.0. The molecule has 0 aromatic heterocycles. The summed E-state index contributed by atoms with van der Waals surface area (Å²) in [5.74, 6) is 2.74. The van der Waals surface area contributed by atoms with E-state index in [1.54, 1.807) is 0 Å². The van der Waals surface area contributed by atoms with Crippen molar-refractivity contribution in [1.29, 1.82) is 0 Å². The van der Waals surface area contributed by atoms with Crippen LogP contribution in [0.5, 0.6) is 0 Å². The van der Waals surface area contributed by atoms with Crippen molar-refractivity contribution in [3.05, 3.63) is 0 Å². The highest BCUT2D eigenvalue weighted by Gasteiger charge is 2.13. The molecule has 0 rings (SSSR count). The molecule has 0 aromatic carbocycles. The van der Waals surface area contributed by atoms with Crippen LogP contribution in [0.25, 0.3) is 0 Å². The Hall–Kier alpha value is -0.400. The lowest BCUT2D eigenvalue weighted by atomic mass is 10.0. The average Bonchev–Trinajstić information content (AvgIpc) is 3.25. The van der Waals surface area contributed by atoms with Gasteiger partial charge in [-0.1, -0.05) is 171 Å². The van der Waals surface area contributed by atoms with Crippen LogP contribution in [0.4, 0.5) is 0 Å². The standard InChI is InChI=1S/C54H110O10/c1-10-11-12-13-14-15-16-17-18-19-20-21-22-23-24-25-26-27-29-56-31-47(2)33-58-35-49(4)37-60-39-51(6)41-62-43-53(8)45-64-46-54(9)44-63-42-52(7)40-61-38-50(5)36-59-34-48(3)32-57-30-28-55/h47-55H,10-46H2,1-9H3. The largest absolute Gasteiger partial charge is 0.394 e. The second-order valence-electron chi connectivity index (χ2n) is 20.5. The quantitative estimate of drug-likeness (QED) is 0.0593. The van der Waals surface area contributed by atoms with Crippen molar-refractivity contribution < 1.29 is 47.7 Å². The van der Waals surface area contributed by atoms with Gasteiger partial charge in [-0.05, 0) is 6.42 Å². The Labute approximate surface area is 397 Å². The highest BCUT2D eigenvalue weighted by atomic mass is 16.5. The fourth-order valence-corrected chi connectivity index (χ4v) is 7.42. The van der Waals surface area contributed by atoms with Crippen LogP contribution in [0.2, 0.25) is 0 Å². The average molecular weight is 919 g/mol. The number of hydrogen-bond acceptors (Lipinski definition) is 10. The van der Waals surface area contributed by atoms with Crippen LogP contribution in [0, 0.1) is 47.3 Å². The van der Waals surface area contributed by atoms with Crippen LogP contribution in [-0.4, -0.2) is 131 Å². The summed E-state index contributed by atoms with van der Waals surface area (Å²) in [4.78, 5) is 0. The van der Waals surface area contributed by atoms with E-state index in [0.29, 0.717) is 146 Å². The molecular weight excluding hydrogens is 809 g/mol. The van der Waals surface area contributed by atoms with Crippen LogP contribution in [-0.2, 0) is 42.6 Å². The zero-order chi connectivity index (χ0) is 47.1. The van der Waals surface area contributed by atoms with Gasteiger partial charge in [0.25, 0.3) is 0 Å². The summed E-state index contributed by atoms with van der Waals surface area (Å²) in [7, 11) is 0. The monoisotopic (exact) mass is 919 g/mol. The van der Waals surface area contributed by atoms with Crippen molar-refractivity contribution in [3.8, 4) is 0 Å². The Morgan fingerprint density at radius 1 is 0.234 bits per heavy atom. The lowest BCUT2D eigenvalue weighted by Gasteiger charge is -2.19. The van der Waals surface area contributed by atoms with Crippen LogP contribution < -0.4 is 0 Å². The van der Waals surface area contributed by atoms with E-state index >= 15 is 0 Å². The summed E-state index contributed by atoms with van der Waals surface area (Å²) in [6.07, 6.45) is 25.3.